The summed E-state index contributed by atoms with van der Waals surface area (Å²) in [6.07, 6.45) is 4.50. The summed E-state index contributed by atoms with van der Waals surface area (Å²) in [5.41, 5.74) is 0.167. The highest BCUT2D eigenvalue weighted by Gasteiger charge is 2.04. The summed E-state index contributed by atoms with van der Waals surface area (Å²) < 4.78 is 0. The fourth-order valence-corrected chi connectivity index (χ4v) is 0.755. The number of benzene rings is 1. The molecule has 1 aromatic rings. The van der Waals surface area contributed by atoms with Gasteiger partial charge in [-0.15, -0.1) is 0 Å². The molecule has 0 atom stereocenters. The van der Waals surface area contributed by atoms with Gasteiger partial charge in [-0.2, -0.15) is 0 Å². The van der Waals surface area contributed by atoms with E-state index in [0.29, 0.717) is 0 Å². The molecule has 0 aromatic heterocycles. The lowest BCUT2D eigenvalue weighted by atomic mass is 10.1. The summed E-state index contributed by atoms with van der Waals surface area (Å²) in [6.45, 7) is 0. The monoisotopic (exact) mass is 208 g/mol. The van der Waals surface area contributed by atoms with Gasteiger partial charge in [0.15, 0.2) is 0 Å². The predicted molar refractivity (Wildman–Crippen MR) is 54.2 cm³/mol. The van der Waals surface area contributed by atoms with Crippen LogP contribution in [0.15, 0.2) is 24.3 Å². The van der Waals surface area contributed by atoms with Crippen molar-refractivity contribution in [1.29, 1.82) is 0 Å². The molecule has 0 aliphatic heterocycles. The zero-order valence-corrected chi connectivity index (χ0v) is 8.14. The second kappa shape index (κ2) is 5.14. The molecule has 1 aliphatic carbocycles. The second-order valence-electron chi connectivity index (χ2n) is 3.25. The normalized spacial score (nSPS) is 12.3. The van der Waals surface area contributed by atoms with E-state index in [1.165, 1.54) is 43.5 Å². The van der Waals surface area contributed by atoms with E-state index in [1.54, 1.807) is 0 Å². The fourth-order valence-electron chi connectivity index (χ4n) is 0.755. The van der Waals surface area contributed by atoms with Gasteiger partial charge >= 0.3 is 11.9 Å². The number of carboxylic acid groups (broad SMARTS) is 2. The molecule has 0 heterocycles. The molecule has 0 amide bonds. The van der Waals surface area contributed by atoms with Crippen molar-refractivity contribution >= 4 is 11.9 Å². The van der Waals surface area contributed by atoms with Gasteiger partial charge in [0.2, 0.25) is 0 Å². The van der Waals surface area contributed by atoms with Crippen LogP contribution in [0.1, 0.15) is 40.0 Å². The highest BCUT2D eigenvalue weighted by molar-refractivity contribution is 5.91. The zero-order chi connectivity index (χ0) is 11.3. The Morgan fingerprint density at radius 1 is 0.800 bits per heavy atom. The molecule has 0 saturated heterocycles. The Kier molecular flexibility index (Phi) is 3.85. The van der Waals surface area contributed by atoms with Crippen LogP contribution in [0.2, 0.25) is 0 Å². The van der Waals surface area contributed by atoms with Crippen LogP contribution < -0.4 is 0 Å². The second-order valence-corrected chi connectivity index (χ2v) is 3.25. The van der Waals surface area contributed by atoms with Crippen molar-refractivity contribution < 1.29 is 19.8 Å². The van der Waals surface area contributed by atoms with Gasteiger partial charge in [-0.05, 0) is 24.3 Å². The number of hydrogen-bond acceptors (Lipinski definition) is 2. The van der Waals surface area contributed by atoms with E-state index in [1.807, 2.05) is 0 Å². The van der Waals surface area contributed by atoms with Gasteiger partial charge in [-0.3, -0.25) is 0 Å². The first-order valence-corrected chi connectivity index (χ1v) is 4.68. The molecule has 0 spiro atoms. The standard InChI is InChI=1S/C8H6O4.C3H6/c9-7(10)5-1-2-6(4-3-5)8(11)12;1-2-3-1/h1-4H,(H,9,10)(H,11,12);1-3H2. The average Bonchev–Trinajstić information content (AvgIpc) is 3.04. The smallest absolute Gasteiger partial charge is 0.335 e. The lowest BCUT2D eigenvalue weighted by Gasteiger charge is -1.94. The Labute approximate surface area is 87.2 Å². The van der Waals surface area contributed by atoms with Gasteiger partial charge in [0.05, 0.1) is 11.1 Å². The lowest BCUT2D eigenvalue weighted by molar-refractivity contribution is 0.0681. The van der Waals surface area contributed by atoms with Gasteiger partial charge in [-0.25, -0.2) is 9.59 Å². The number of carboxylic acids is 2. The zero-order valence-electron chi connectivity index (χ0n) is 8.14. The summed E-state index contributed by atoms with van der Waals surface area (Å²) >= 11 is 0. The van der Waals surface area contributed by atoms with Crippen molar-refractivity contribution in [2.75, 3.05) is 0 Å². The van der Waals surface area contributed by atoms with E-state index in [4.69, 9.17) is 10.2 Å². The first kappa shape index (κ1) is 11.2. The highest BCUT2D eigenvalue weighted by Crippen LogP contribution is 2.14. The van der Waals surface area contributed by atoms with E-state index < -0.39 is 11.9 Å². The molecule has 1 saturated carbocycles. The average molecular weight is 208 g/mol. The van der Waals surface area contributed by atoms with E-state index in [2.05, 4.69) is 0 Å². The topological polar surface area (TPSA) is 74.6 Å². The molecule has 2 N–H and O–H groups in total. The molecule has 15 heavy (non-hydrogen) atoms. The predicted octanol–water partition coefficient (Wildman–Crippen LogP) is 2.25. The van der Waals surface area contributed by atoms with Crippen LogP contribution in [-0.2, 0) is 0 Å². The van der Waals surface area contributed by atoms with E-state index in [9.17, 15) is 9.59 Å². The third-order valence-electron chi connectivity index (χ3n) is 1.73. The van der Waals surface area contributed by atoms with Gasteiger partial charge in [0.1, 0.15) is 0 Å². The maximum Gasteiger partial charge on any atom is 0.335 e. The Balaban J connectivity index is 0.000000319. The molecule has 1 fully saturated rings. The molecule has 0 radical (unpaired) electrons. The Bertz CT molecular complexity index is 316. The van der Waals surface area contributed by atoms with Crippen LogP contribution >= 0.6 is 0 Å². The molecule has 80 valence electrons. The maximum absolute atomic E-state index is 10.3. The summed E-state index contributed by atoms with van der Waals surface area (Å²) in [7, 11) is 0. The third kappa shape index (κ3) is 4.26. The van der Waals surface area contributed by atoms with Crippen LogP contribution in [0, 0.1) is 0 Å². The van der Waals surface area contributed by atoms with Gasteiger partial charge < -0.3 is 10.2 Å². The fraction of sp³-hybridized carbons (Fsp3) is 0.273. The Morgan fingerprint density at radius 2 is 1.07 bits per heavy atom. The van der Waals surface area contributed by atoms with Gasteiger partial charge in [0.25, 0.3) is 0 Å². The Hall–Kier alpha value is -1.84. The number of rotatable bonds is 2. The van der Waals surface area contributed by atoms with Crippen LogP contribution in [0.4, 0.5) is 0 Å². The molecule has 4 nitrogen and oxygen atoms in total. The maximum atomic E-state index is 10.3. The van der Waals surface area contributed by atoms with Crippen LogP contribution in [0.25, 0.3) is 0 Å². The van der Waals surface area contributed by atoms with Crippen molar-refractivity contribution in [2.45, 2.75) is 19.3 Å². The van der Waals surface area contributed by atoms with Crippen LogP contribution in [0.5, 0.6) is 0 Å². The molecule has 2 rings (SSSR count). The van der Waals surface area contributed by atoms with Gasteiger partial charge in [-0.1, -0.05) is 19.3 Å². The van der Waals surface area contributed by atoms with E-state index >= 15 is 0 Å². The van der Waals surface area contributed by atoms with Crippen LogP contribution in [0.3, 0.4) is 0 Å². The van der Waals surface area contributed by atoms with E-state index in [-0.39, 0.29) is 11.1 Å². The van der Waals surface area contributed by atoms with Crippen molar-refractivity contribution in [2.24, 2.45) is 0 Å². The summed E-state index contributed by atoms with van der Waals surface area (Å²) in [5.74, 6) is -2.13. The van der Waals surface area contributed by atoms with Crippen molar-refractivity contribution in [3.63, 3.8) is 0 Å². The minimum atomic E-state index is -1.06. The first-order valence-electron chi connectivity index (χ1n) is 4.68. The lowest BCUT2D eigenvalue weighted by Crippen LogP contribution is -1.99. The molecule has 0 bridgehead atoms. The number of carbonyl (C=O) groups is 2. The minimum Gasteiger partial charge on any atom is -0.478 e. The van der Waals surface area contributed by atoms with Crippen molar-refractivity contribution in [1.82, 2.24) is 0 Å². The number of aromatic carboxylic acids is 2. The third-order valence-corrected chi connectivity index (χ3v) is 1.73. The van der Waals surface area contributed by atoms with Crippen molar-refractivity contribution in [3.8, 4) is 0 Å². The van der Waals surface area contributed by atoms with Gasteiger partial charge in [0, 0.05) is 0 Å². The molecular formula is C11H12O4. The quantitative estimate of drug-likeness (QED) is 0.781. The molecular weight excluding hydrogens is 196 g/mol. The van der Waals surface area contributed by atoms with Crippen LogP contribution in [-0.4, -0.2) is 22.2 Å². The highest BCUT2D eigenvalue weighted by atomic mass is 16.4. The first-order chi connectivity index (χ1) is 7.11. The summed E-state index contributed by atoms with van der Waals surface area (Å²) in [6, 6.07) is 5.02. The minimum absolute atomic E-state index is 0.0833. The SMILES string of the molecule is C1CC1.O=C(O)c1ccc(C(=O)O)cc1. The number of hydrogen-bond donors (Lipinski definition) is 2. The largest absolute Gasteiger partial charge is 0.478 e. The summed E-state index contributed by atoms with van der Waals surface area (Å²) in [4.78, 5) is 20.7. The molecule has 1 aliphatic rings. The molecule has 0 unspecified atom stereocenters. The van der Waals surface area contributed by atoms with Crippen molar-refractivity contribution in [3.05, 3.63) is 35.4 Å². The van der Waals surface area contributed by atoms with E-state index in [0.717, 1.165) is 0 Å². The Morgan fingerprint density at radius 3 is 1.20 bits per heavy atom. The summed E-state index contributed by atoms with van der Waals surface area (Å²) in [5, 5.41) is 16.9. The molecule has 1 aromatic carbocycles. The molecule has 4 heteroatoms.